The van der Waals surface area contributed by atoms with Crippen LogP contribution in [0.3, 0.4) is 0 Å². The number of hydrogen-bond donors (Lipinski definition) is 2. The summed E-state index contributed by atoms with van der Waals surface area (Å²) in [5.74, 6) is 0.0803. The lowest BCUT2D eigenvalue weighted by Gasteiger charge is -2.12. The molecule has 7 heteroatoms. The molecule has 0 fully saturated rings. The van der Waals surface area contributed by atoms with Crippen LogP contribution in [0.5, 0.6) is 0 Å². The number of aromatic nitrogens is 3. The zero-order valence-corrected chi connectivity index (χ0v) is 10.9. The van der Waals surface area contributed by atoms with Gasteiger partial charge in [-0.05, 0) is 35.7 Å². The molecule has 0 radical (unpaired) electrons. The van der Waals surface area contributed by atoms with E-state index in [1.54, 1.807) is 11.3 Å². The predicted molar refractivity (Wildman–Crippen MR) is 70.1 cm³/mol. The van der Waals surface area contributed by atoms with Crippen molar-refractivity contribution in [1.29, 1.82) is 0 Å². The van der Waals surface area contributed by atoms with Gasteiger partial charge in [0.1, 0.15) is 12.9 Å². The summed E-state index contributed by atoms with van der Waals surface area (Å²) >= 11 is 1.66. The van der Waals surface area contributed by atoms with Gasteiger partial charge in [-0.25, -0.2) is 9.67 Å². The molecule has 0 saturated carbocycles. The molecule has 0 saturated heterocycles. The topological polar surface area (TPSA) is 85.8 Å². The number of nitrogens with zero attached hydrogens (tertiary/aromatic N) is 3. The summed E-state index contributed by atoms with van der Waals surface area (Å²) in [6.45, 7) is 2.11. The first kappa shape index (κ1) is 12.6. The number of carbonyl (C=O) groups is 1. The number of rotatable bonds is 5. The highest BCUT2D eigenvalue weighted by Crippen LogP contribution is 2.08. The smallest absolute Gasteiger partial charge is 0.242 e. The molecular weight excluding hydrogens is 250 g/mol. The molecule has 1 amide bonds. The second-order valence-electron chi connectivity index (χ2n) is 4.10. The van der Waals surface area contributed by atoms with Crippen molar-refractivity contribution < 1.29 is 4.79 Å². The van der Waals surface area contributed by atoms with E-state index in [4.69, 9.17) is 5.73 Å². The van der Waals surface area contributed by atoms with Crippen molar-refractivity contribution in [3.63, 3.8) is 0 Å². The van der Waals surface area contributed by atoms with E-state index >= 15 is 0 Å². The lowest BCUT2D eigenvalue weighted by molar-refractivity contribution is -0.122. The number of nitrogens with two attached hydrogens (primary N) is 1. The van der Waals surface area contributed by atoms with Gasteiger partial charge in [-0.3, -0.25) is 4.79 Å². The minimum Gasteiger partial charge on any atom is -0.367 e. The Bertz CT molecular complexity index is 507. The van der Waals surface area contributed by atoms with Crippen LogP contribution in [0, 0.1) is 0 Å². The summed E-state index contributed by atoms with van der Waals surface area (Å²) in [5, 5.41) is 10.9. The molecule has 2 heterocycles. The van der Waals surface area contributed by atoms with Crippen molar-refractivity contribution in [2.24, 2.45) is 0 Å². The van der Waals surface area contributed by atoms with Crippen LogP contribution in [-0.4, -0.2) is 26.7 Å². The second kappa shape index (κ2) is 5.63. The Morgan fingerprint density at radius 2 is 2.50 bits per heavy atom. The van der Waals surface area contributed by atoms with Crippen molar-refractivity contribution in [1.82, 2.24) is 20.1 Å². The fourth-order valence-electron chi connectivity index (χ4n) is 1.67. The number of nitrogens with one attached hydrogen (secondary N) is 1. The van der Waals surface area contributed by atoms with Crippen LogP contribution in [0.2, 0.25) is 0 Å². The maximum absolute atomic E-state index is 11.7. The van der Waals surface area contributed by atoms with Gasteiger partial charge >= 0.3 is 0 Å². The zero-order valence-electron chi connectivity index (χ0n) is 10.0. The van der Waals surface area contributed by atoms with Gasteiger partial charge in [0.05, 0.1) is 0 Å². The minimum atomic E-state index is -0.0948. The average molecular weight is 265 g/mol. The zero-order chi connectivity index (χ0) is 13.0. The average Bonchev–Trinajstić information content (AvgIpc) is 2.90. The maximum atomic E-state index is 11.7. The van der Waals surface area contributed by atoms with E-state index in [0.29, 0.717) is 0 Å². The summed E-state index contributed by atoms with van der Waals surface area (Å²) < 4.78 is 1.42. The van der Waals surface area contributed by atoms with Crippen LogP contribution in [-0.2, 0) is 17.8 Å². The molecule has 18 heavy (non-hydrogen) atoms. The van der Waals surface area contributed by atoms with Crippen LogP contribution in [0.15, 0.2) is 23.2 Å². The number of thiophene rings is 1. The molecule has 2 aromatic heterocycles. The predicted octanol–water partition coefficient (Wildman–Crippen LogP) is 0.669. The third kappa shape index (κ3) is 3.56. The van der Waals surface area contributed by atoms with Crippen molar-refractivity contribution in [2.45, 2.75) is 25.9 Å². The highest BCUT2D eigenvalue weighted by molar-refractivity contribution is 7.07. The fourth-order valence-corrected chi connectivity index (χ4v) is 2.35. The molecule has 1 atom stereocenters. The van der Waals surface area contributed by atoms with Crippen LogP contribution >= 0.6 is 11.3 Å². The monoisotopic (exact) mass is 265 g/mol. The second-order valence-corrected chi connectivity index (χ2v) is 4.88. The van der Waals surface area contributed by atoms with Crippen LogP contribution < -0.4 is 11.1 Å². The van der Waals surface area contributed by atoms with Crippen LogP contribution in [0.25, 0.3) is 0 Å². The van der Waals surface area contributed by atoms with Crippen LogP contribution in [0.4, 0.5) is 5.95 Å². The lowest BCUT2D eigenvalue weighted by atomic mass is 10.1. The van der Waals surface area contributed by atoms with Gasteiger partial charge in [-0.2, -0.15) is 11.3 Å². The van der Waals surface area contributed by atoms with Gasteiger partial charge in [0.25, 0.3) is 0 Å². The number of amides is 1. The van der Waals surface area contributed by atoms with Crippen molar-refractivity contribution in [3.05, 3.63) is 28.7 Å². The first-order chi connectivity index (χ1) is 8.63. The number of nitrogen functional groups attached to an aromatic ring is 1. The normalized spacial score (nSPS) is 12.3. The maximum Gasteiger partial charge on any atom is 0.242 e. The lowest BCUT2D eigenvalue weighted by Crippen LogP contribution is -2.36. The molecule has 3 N–H and O–H groups in total. The molecule has 0 aliphatic rings. The van der Waals surface area contributed by atoms with Gasteiger partial charge in [0.15, 0.2) is 0 Å². The quantitative estimate of drug-likeness (QED) is 0.832. The SMILES string of the molecule is CC(Cc1ccsc1)NC(=O)Cn1cnc(N)n1. The van der Waals surface area contributed by atoms with E-state index in [-0.39, 0.29) is 24.4 Å². The highest BCUT2D eigenvalue weighted by Gasteiger charge is 2.09. The Balaban J connectivity index is 1.80. The van der Waals surface area contributed by atoms with Gasteiger partial charge in [-0.15, -0.1) is 5.10 Å². The molecule has 6 nitrogen and oxygen atoms in total. The number of hydrogen-bond acceptors (Lipinski definition) is 5. The third-order valence-corrected chi connectivity index (χ3v) is 3.12. The Morgan fingerprint density at radius 3 is 3.11 bits per heavy atom. The highest BCUT2D eigenvalue weighted by atomic mass is 32.1. The molecule has 0 spiro atoms. The summed E-state index contributed by atoms with van der Waals surface area (Å²) in [7, 11) is 0. The van der Waals surface area contributed by atoms with E-state index in [1.165, 1.54) is 16.6 Å². The molecule has 2 rings (SSSR count). The fraction of sp³-hybridized carbons (Fsp3) is 0.364. The molecular formula is C11H15N5OS. The Hall–Kier alpha value is -1.89. The summed E-state index contributed by atoms with van der Waals surface area (Å²) in [5.41, 5.74) is 6.61. The van der Waals surface area contributed by atoms with E-state index in [9.17, 15) is 4.79 Å². The Morgan fingerprint density at radius 1 is 1.67 bits per heavy atom. The molecule has 0 aliphatic carbocycles. The van der Waals surface area contributed by atoms with Gasteiger partial charge in [0.2, 0.25) is 11.9 Å². The molecule has 0 aliphatic heterocycles. The van der Waals surface area contributed by atoms with Crippen molar-refractivity contribution >= 4 is 23.2 Å². The first-order valence-electron chi connectivity index (χ1n) is 5.59. The van der Waals surface area contributed by atoms with E-state index < -0.39 is 0 Å². The Labute approximate surface area is 109 Å². The van der Waals surface area contributed by atoms with Gasteiger partial charge in [-0.1, -0.05) is 0 Å². The summed E-state index contributed by atoms with van der Waals surface area (Å²) in [6.07, 6.45) is 2.27. The first-order valence-corrected chi connectivity index (χ1v) is 6.53. The summed E-state index contributed by atoms with van der Waals surface area (Å²) in [4.78, 5) is 15.5. The number of carbonyl (C=O) groups excluding carboxylic acids is 1. The Kier molecular flexibility index (Phi) is 3.93. The molecule has 96 valence electrons. The van der Waals surface area contributed by atoms with E-state index in [1.807, 2.05) is 12.3 Å². The van der Waals surface area contributed by atoms with Crippen molar-refractivity contribution in [2.75, 3.05) is 5.73 Å². The van der Waals surface area contributed by atoms with Gasteiger partial charge in [0, 0.05) is 6.04 Å². The van der Waals surface area contributed by atoms with Gasteiger partial charge < -0.3 is 11.1 Å². The van der Waals surface area contributed by atoms with Crippen LogP contribution in [0.1, 0.15) is 12.5 Å². The number of anilines is 1. The van der Waals surface area contributed by atoms with E-state index in [2.05, 4.69) is 26.8 Å². The largest absolute Gasteiger partial charge is 0.367 e. The minimum absolute atomic E-state index is 0.0907. The summed E-state index contributed by atoms with van der Waals surface area (Å²) in [6, 6.07) is 2.15. The molecule has 0 aromatic carbocycles. The molecule has 2 aromatic rings. The standard InChI is InChI=1S/C11H15N5OS/c1-8(4-9-2-3-18-6-9)14-10(17)5-16-7-13-11(12)15-16/h2-3,6-8H,4-5H2,1H3,(H2,12,15)(H,14,17). The molecule has 0 bridgehead atoms. The van der Waals surface area contributed by atoms with E-state index in [0.717, 1.165) is 6.42 Å². The third-order valence-electron chi connectivity index (χ3n) is 2.39. The van der Waals surface area contributed by atoms with Crippen molar-refractivity contribution in [3.8, 4) is 0 Å². The molecule has 1 unspecified atom stereocenters.